The zero-order chi connectivity index (χ0) is 11.3. The molecule has 0 spiro atoms. The minimum absolute atomic E-state index is 0.343. The van der Waals surface area contributed by atoms with Gasteiger partial charge in [0.25, 0.3) is 0 Å². The Bertz CT molecular complexity index is 366. The molecular weight excluding hydrogens is 190 g/mol. The number of nitriles is 1. The minimum atomic E-state index is -0.675. The van der Waals surface area contributed by atoms with Gasteiger partial charge in [-0.2, -0.15) is 5.26 Å². The fourth-order valence-corrected chi connectivity index (χ4v) is 1.14. The summed E-state index contributed by atoms with van der Waals surface area (Å²) in [6.45, 7) is 3.66. The Labute approximate surface area is 90.2 Å². The summed E-state index contributed by atoms with van der Waals surface area (Å²) in [7, 11) is 1.59. The van der Waals surface area contributed by atoms with Crippen molar-refractivity contribution in [3.05, 3.63) is 29.8 Å². The third kappa shape index (κ3) is 3.26. The van der Waals surface area contributed by atoms with Gasteiger partial charge >= 0.3 is 0 Å². The molecule has 0 radical (unpaired) electrons. The fourth-order valence-electron chi connectivity index (χ4n) is 1.14. The van der Waals surface area contributed by atoms with Crippen LogP contribution < -0.4 is 4.74 Å². The Balaban J connectivity index is 2.90. The lowest BCUT2D eigenvalue weighted by Crippen LogP contribution is -2.30. The summed E-state index contributed by atoms with van der Waals surface area (Å²) in [5.41, 5.74) is 0.880. The number of rotatable bonds is 4. The van der Waals surface area contributed by atoms with Gasteiger partial charge in [-0.3, -0.25) is 0 Å². The maximum atomic E-state index is 8.66. The number of nitrogens with zero attached hydrogens (tertiary/aromatic N) is 1. The summed E-state index contributed by atoms with van der Waals surface area (Å²) >= 11 is 0. The molecule has 0 aromatic heterocycles. The lowest BCUT2D eigenvalue weighted by molar-refractivity contribution is -0.134. The third-order valence-corrected chi connectivity index (χ3v) is 2.09. The molecule has 0 aliphatic heterocycles. The molecule has 0 amide bonds. The van der Waals surface area contributed by atoms with Crippen LogP contribution in [0.2, 0.25) is 0 Å². The van der Waals surface area contributed by atoms with Gasteiger partial charge in [0.1, 0.15) is 5.75 Å². The summed E-state index contributed by atoms with van der Waals surface area (Å²) in [4.78, 5) is 0. The van der Waals surface area contributed by atoms with Crippen molar-refractivity contribution in [1.82, 2.24) is 0 Å². The van der Waals surface area contributed by atoms with Gasteiger partial charge in [0.15, 0.2) is 0 Å². The molecule has 1 rings (SSSR count). The minimum Gasteiger partial charge on any atom is -0.463 e. The van der Waals surface area contributed by atoms with Gasteiger partial charge in [-0.25, -0.2) is 0 Å². The van der Waals surface area contributed by atoms with Crippen molar-refractivity contribution >= 4 is 0 Å². The molecule has 0 fully saturated rings. The summed E-state index contributed by atoms with van der Waals surface area (Å²) in [5.74, 6) is 0.0249. The largest absolute Gasteiger partial charge is 0.463 e. The molecule has 0 saturated carbocycles. The average molecular weight is 205 g/mol. The summed E-state index contributed by atoms with van der Waals surface area (Å²) < 4.78 is 10.8. The van der Waals surface area contributed by atoms with E-state index in [9.17, 15) is 0 Å². The lowest BCUT2D eigenvalue weighted by Gasteiger charge is -2.25. The molecule has 0 N–H and O–H groups in total. The topological polar surface area (TPSA) is 42.2 Å². The fraction of sp³-hybridized carbons (Fsp3) is 0.417. The number of benzene rings is 1. The number of para-hydroxylation sites is 1. The molecule has 0 bridgehead atoms. The van der Waals surface area contributed by atoms with Gasteiger partial charge < -0.3 is 9.47 Å². The van der Waals surface area contributed by atoms with Crippen LogP contribution in [-0.4, -0.2) is 12.9 Å². The van der Waals surface area contributed by atoms with Crippen LogP contribution in [0.4, 0.5) is 0 Å². The Morgan fingerprint density at radius 1 is 1.33 bits per heavy atom. The number of ether oxygens (including phenoxy) is 2. The van der Waals surface area contributed by atoms with Crippen molar-refractivity contribution in [3.63, 3.8) is 0 Å². The predicted octanol–water partition coefficient (Wildman–Crippen LogP) is 2.51. The standard InChI is InChI=1S/C12H15NO2/c1-12(2,14-3)15-11-7-5-4-6-10(11)8-9-13/h4-7H,8H2,1-3H3. The zero-order valence-corrected chi connectivity index (χ0v) is 9.28. The van der Waals surface area contributed by atoms with E-state index >= 15 is 0 Å². The highest BCUT2D eigenvalue weighted by atomic mass is 16.7. The molecule has 15 heavy (non-hydrogen) atoms. The first kappa shape index (κ1) is 11.5. The molecule has 0 aliphatic rings. The molecule has 0 unspecified atom stereocenters. The molecule has 3 nitrogen and oxygen atoms in total. The first-order chi connectivity index (χ1) is 7.09. The van der Waals surface area contributed by atoms with Crippen LogP contribution >= 0.6 is 0 Å². The van der Waals surface area contributed by atoms with E-state index in [2.05, 4.69) is 6.07 Å². The molecule has 80 valence electrons. The van der Waals surface area contributed by atoms with Gasteiger partial charge in [0.05, 0.1) is 12.5 Å². The molecule has 0 atom stereocenters. The van der Waals surface area contributed by atoms with E-state index in [-0.39, 0.29) is 0 Å². The summed E-state index contributed by atoms with van der Waals surface area (Å²) in [6, 6.07) is 9.59. The maximum absolute atomic E-state index is 8.66. The second-order valence-corrected chi connectivity index (χ2v) is 3.65. The van der Waals surface area contributed by atoms with E-state index in [0.29, 0.717) is 12.2 Å². The number of methoxy groups -OCH3 is 1. The Hall–Kier alpha value is -1.53. The molecule has 1 aromatic rings. The van der Waals surface area contributed by atoms with E-state index < -0.39 is 5.79 Å². The molecule has 0 heterocycles. The van der Waals surface area contributed by atoms with Crippen molar-refractivity contribution in [1.29, 1.82) is 5.26 Å². The van der Waals surface area contributed by atoms with Crippen LogP contribution in [-0.2, 0) is 11.2 Å². The van der Waals surface area contributed by atoms with Crippen LogP contribution in [0.15, 0.2) is 24.3 Å². The second-order valence-electron chi connectivity index (χ2n) is 3.65. The first-order valence-corrected chi connectivity index (χ1v) is 4.78. The van der Waals surface area contributed by atoms with Crippen LogP contribution in [0.3, 0.4) is 0 Å². The first-order valence-electron chi connectivity index (χ1n) is 4.78. The summed E-state index contributed by atoms with van der Waals surface area (Å²) in [5, 5.41) is 8.66. The highest BCUT2D eigenvalue weighted by Gasteiger charge is 2.19. The quantitative estimate of drug-likeness (QED) is 0.709. The van der Waals surface area contributed by atoms with Crippen LogP contribution in [0.5, 0.6) is 5.75 Å². The van der Waals surface area contributed by atoms with Gasteiger partial charge in [-0.05, 0) is 6.07 Å². The number of hydrogen-bond donors (Lipinski definition) is 0. The molecule has 1 aromatic carbocycles. The number of hydrogen-bond acceptors (Lipinski definition) is 3. The van der Waals surface area contributed by atoms with Gasteiger partial charge in [0.2, 0.25) is 5.79 Å². The molecule has 3 heteroatoms. The monoisotopic (exact) mass is 205 g/mol. The van der Waals surface area contributed by atoms with Crippen LogP contribution in [0.1, 0.15) is 19.4 Å². The lowest BCUT2D eigenvalue weighted by atomic mass is 10.1. The second kappa shape index (κ2) is 4.81. The van der Waals surface area contributed by atoms with E-state index in [1.807, 2.05) is 38.1 Å². The van der Waals surface area contributed by atoms with E-state index in [1.54, 1.807) is 7.11 Å². The van der Waals surface area contributed by atoms with E-state index in [1.165, 1.54) is 0 Å². The van der Waals surface area contributed by atoms with Gasteiger partial charge in [-0.15, -0.1) is 0 Å². The van der Waals surface area contributed by atoms with Crippen molar-refractivity contribution in [2.24, 2.45) is 0 Å². The summed E-state index contributed by atoms with van der Waals surface area (Å²) in [6.07, 6.45) is 0.343. The predicted molar refractivity (Wildman–Crippen MR) is 57.5 cm³/mol. The molecular formula is C12H15NO2. The van der Waals surface area contributed by atoms with E-state index in [0.717, 1.165) is 5.56 Å². The Kier molecular flexibility index (Phi) is 3.70. The molecule has 0 aliphatic carbocycles. The SMILES string of the molecule is COC(C)(C)Oc1ccccc1CC#N. The molecule has 0 saturated heterocycles. The maximum Gasteiger partial charge on any atom is 0.204 e. The normalized spacial score (nSPS) is 10.8. The van der Waals surface area contributed by atoms with Crippen LogP contribution in [0, 0.1) is 11.3 Å². The van der Waals surface area contributed by atoms with Crippen molar-refractivity contribution in [2.45, 2.75) is 26.1 Å². The highest BCUT2D eigenvalue weighted by Crippen LogP contribution is 2.23. The van der Waals surface area contributed by atoms with Gasteiger partial charge in [-0.1, -0.05) is 18.2 Å². The van der Waals surface area contributed by atoms with Crippen molar-refractivity contribution < 1.29 is 9.47 Å². The van der Waals surface area contributed by atoms with Gasteiger partial charge in [0, 0.05) is 26.5 Å². The van der Waals surface area contributed by atoms with Crippen molar-refractivity contribution in [2.75, 3.05) is 7.11 Å². The smallest absolute Gasteiger partial charge is 0.204 e. The van der Waals surface area contributed by atoms with E-state index in [4.69, 9.17) is 14.7 Å². The Morgan fingerprint density at radius 2 is 2.00 bits per heavy atom. The third-order valence-electron chi connectivity index (χ3n) is 2.09. The zero-order valence-electron chi connectivity index (χ0n) is 9.28. The highest BCUT2D eigenvalue weighted by molar-refractivity contribution is 5.35. The average Bonchev–Trinajstić information content (AvgIpc) is 2.21. The van der Waals surface area contributed by atoms with Crippen LogP contribution in [0.25, 0.3) is 0 Å². The Morgan fingerprint density at radius 3 is 2.60 bits per heavy atom. The van der Waals surface area contributed by atoms with Crippen molar-refractivity contribution in [3.8, 4) is 11.8 Å².